The van der Waals surface area contributed by atoms with Gasteiger partial charge in [-0.1, -0.05) is 42.8 Å². The number of carbonyl (C=O) groups excluding carboxylic acids is 1. The number of rotatable bonds is 2. The number of morpholine rings is 1. The van der Waals surface area contributed by atoms with E-state index in [2.05, 4.69) is 24.3 Å². The highest BCUT2D eigenvalue weighted by Crippen LogP contribution is 2.48. The molecule has 4 heteroatoms. The quantitative estimate of drug-likeness (QED) is 0.807. The fourth-order valence-electron chi connectivity index (χ4n) is 5.17. The van der Waals surface area contributed by atoms with Crippen LogP contribution in [0.25, 0.3) is 0 Å². The van der Waals surface area contributed by atoms with Crippen LogP contribution < -0.4 is 0 Å². The molecule has 2 aromatic rings. The van der Waals surface area contributed by atoms with Crippen molar-refractivity contribution < 1.29 is 13.9 Å². The van der Waals surface area contributed by atoms with Crippen molar-refractivity contribution in [2.45, 2.75) is 43.1 Å². The van der Waals surface area contributed by atoms with Gasteiger partial charge in [0, 0.05) is 6.54 Å². The maximum Gasteiger partial charge on any atom is 0.233 e. The van der Waals surface area contributed by atoms with Crippen LogP contribution in [-0.2, 0) is 27.0 Å². The Labute approximate surface area is 159 Å². The van der Waals surface area contributed by atoms with Crippen molar-refractivity contribution >= 4 is 5.91 Å². The summed E-state index contributed by atoms with van der Waals surface area (Å²) in [6.45, 7) is 1.76. The van der Waals surface area contributed by atoms with Gasteiger partial charge in [0.2, 0.25) is 5.91 Å². The molecule has 27 heavy (non-hydrogen) atoms. The molecule has 5 rings (SSSR count). The third-order valence-corrected chi connectivity index (χ3v) is 6.77. The lowest BCUT2D eigenvalue weighted by atomic mass is 9.63. The van der Waals surface area contributed by atoms with E-state index in [1.165, 1.54) is 23.3 Å². The van der Waals surface area contributed by atoms with E-state index in [-0.39, 0.29) is 17.3 Å². The molecule has 1 saturated carbocycles. The average Bonchev–Trinajstić information content (AvgIpc) is 2.99. The van der Waals surface area contributed by atoms with Gasteiger partial charge in [-0.2, -0.15) is 0 Å². The number of halogens is 1. The Morgan fingerprint density at radius 3 is 2.70 bits per heavy atom. The summed E-state index contributed by atoms with van der Waals surface area (Å²) in [4.78, 5) is 15.6. The molecule has 2 aliphatic carbocycles. The molecule has 0 radical (unpaired) electrons. The number of aryl methyl sites for hydroxylation is 1. The molecule has 3 aliphatic rings. The van der Waals surface area contributed by atoms with Crippen LogP contribution in [0.1, 0.15) is 42.4 Å². The summed E-state index contributed by atoms with van der Waals surface area (Å²) in [7, 11) is 0. The van der Waals surface area contributed by atoms with Crippen molar-refractivity contribution in [3.63, 3.8) is 0 Å². The van der Waals surface area contributed by atoms with Gasteiger partial charge in [-0.25, -0.2) is 4.39 Å². The number of hydrogen-bond acceptors (Lipinski definition) is 2. The van der Waals surface area contributed by atoms with Gasteiger partial charge in [0.15, 0.2) is 0 Å². The molecule has 2 fully saturated rings. The van der Waals surface area contributed by atoms with Crippen molar-refractivity contribution in [2.24, 2.45) is 0 Å². The van der Waals surface area contributed by atoms with Gasteiger partial charge in [0.05, 0.1) is 18.6 Å². The van der Waals surface area contributed by atoms with Gasteiger partial charge in [0.25, 0.3) is 0 Å². The van der Waals surface area contributed by atoms with Crippen molar-refractivity contribution in [2.75, 3.05) is 19.7 Å². The average molecular weight is 365 g/mol. The van der Waals surface area contributed by atoms with E-state index in [0.29, 0.717) is 19.7 Å². The van der Waals surface area contributed by atoms with Crippen molar-refractivity contribution in [3.05, 3.63) is 71.0 Å². The summed E-state index contributed by atoms with van der Waals surface area (Å²) in [5.41, 5.74) is 2.45. The topological polar surface area (TPSA) is 29.5 Å². The highest BCUT2D eigenvalue weighted by atomic mass is 19.1. The van der Waals surface area contributed by atoms with E-state index in [0.717, 1.165) is 37.7 Å². The summed E-state index contributed by atoms with van der Waals surface area (Å²) in [6, 6.07) is 15.0. The zero-order valence-corrected chi connectivity index (χ0v) is 15.4. The van der Waals surface area contributed by atoms with Crippen LogP contribution in [0, 0.1) is 5.82 Å². The second-order valence-electron chi connectivity index (χ2n) is 8.17. The molecule has 2 aromatic carbocycles. The summed E-state index contributed by atoms with van der Waals surface area (Å²) in [5.74, 6) is -0.124. The fourth-order valence-corrected chi connectivity index (χ4v) is 5.17. The maximum atomic E-state index is 13.8. The van der Waals surface area contributed by atoms with Crippen LogP contribution in [0.15, 0.2) is 48.5 Å². The number of hydrogen-bond donors (Lipinski definition) is 0. The molecule has 0 N–H and O–H groups in total. The summed E-state index contributed by atoms with van der Waals surface area (Å²) < 4.78 is 20.1. The van der Waals surface area contributed by atoms with E-state index in [1.54, 1.807) is 6.07 Å². The maximum absolute atomic E-state index is 13.8. The van der Waals surface area contributed by atoms with Crippen molar-refractivity contribution in [3.8, 4) is 0 Å². The number of ether oxygens (including phenoxy) is 1. The van der Waals surface area contributed by atoms with Crippen molar-refractivity contribution in [1.29, 1.82) is 0 Å². The van der Waals surface area contributed by atoms with Crippen LogP contribution in [-0.4, -0.2) is 30.5 Å². The predicted molar refractivity (Wildman–Crippen MR) is 101 cm³/mol. The van der Waals surface area contributed by atoms with E-state index >= 15 is 0 Å². The summed E-state index contributed by atoms with van der Waals surface area (Å²) in [6.07, 6.45) is 4.53. The van der Waals surface area contributed by atoms with Crippen LogP contribution in [0.2, 0.25) is 0 Å². The molecule has 1 amide bonds. The lowest BCUT2D eigenvalue weighted by molar-refractivity contribution is -0.160. The molecule has 0 bridgehead atoms. The molecule has 1 spiro atoms. The van der Waals surface area contributed by atoms with Gasteiger partial charge in [-0.3, -0.25) is 4.79 Å². The summed E-state index contributed by atoms with van der Waals surface area (Å²) >= 11 is 0. The highest BCUT2D eigenvalue weighted by molar-refractivity contribution is 5.89. The first-order valence-electron chi connectivity index (χ1n) is 9.91. The third-order valence-electron chi connectivity index (χ3n) is 6.77. The first-order valence-corrected chi connectivity index (χ1v) is 9.91. The molecule has 140 valence electrons. The van der Waals surface area contributed by atoms with Crippen LogP contribution in [0.4, 0.5) is 4.39 Å². The number of amides is 1. The zero-order chi connectivity index (χ0) is 18.5. The van der Waals surface area contributed by atoms with Crippen LogP contribution >= 0.6 is 0 Å². The second kappa shape index (κ2) is 6.16. The minimum absolute atomic E-state index is 0.145. The number of benzene rings is 2. The van der Waals surface area contributed by atoms with Gasteiger partial charge in [-0.15, -0.1) is 0 Å². The Balaban J connectivity index is 1.46. The van der Waals surface area contributed by atoms with Gasteiger partial charge in [0.1, 0.15) is 11.4 Å². The standard InChI is InChI=1S/C23H24FNO2/c24-19-7-3-6-18(15-19)22(10-4-11-22)21(26)25-13-14-27-23(16-25)12-9-17-5-1-2-8-20(17)23/h1-3,5-8,15H,4,9-14,16H2. The number of nitrogens with zero attached hydrogens (tertiary/aromatic N) is 1. The Morgan fingerprint density at radius 2 is 1.93 bits per heavy atom. The van der Waals surface area contributed by atoms with Crippen molar-refractivity contribution in [1.82, 2.24) is 4.90 Å². The minimum Gasteiger partial charge on any atom is -0.367 e. The van der Waals surface area contributed by atoms with Gasteiger partial charge in [-0.05, 0) is 54.5 Å². The smallest absolute Gasteiger partial charge is 0.233 e. The van der Waals surface area contributed by atoms with E-state index < -0.39 is 5.41 Å². The highest BCUT2D eigenvalue weighted by Gasteiger charge is 2.51. The van der Waals surface area contributed by atoms with Crippen LogP contribution in [0.5, 0.6) is 0 Å². The molecule has 3 nitrogen and oxygen atoms in total. The Bertz CT molecular complexity index is 887. The first kappa shape index (κ1) is 16.9. The first-order chi connectivity index (χ1) is 13.1. The Hall–Kier alpha value is -2.20. The molecule has 1 atom stereocenters. The largest absolute Gasteiger partial charge is 0.367 e. The predicted octanol–water partition coefficient (Wildman–Crippen LogP) is 3.95. The van der Waals surface area contributed by atoms with E-state index in [9.17, 15) is 9.18 Å². The summed E-state index contributed by atoms with van der Waals surface area (Å²) in [5, 5.41) is 0. The molecule has 0 aromatic heterocycles. The monoisotopic (exact) mass is 365 g/mol. The lowest BCUT2D eigenvalue weighted by Crippen LogP contribution is -2.58. The minimum atomic E-state index is -0.557. The SMILES string of the molecule is O=C(N1CCOC2(CCc3ccccc32)C1)C1(c2cccc(F)c2)CCC1. The Morgan fingerprint density at radius 1 is 1.07 bits per heavy atom. The Kier molecular flexibility index (Phi) is 3.87. The third kappa shape index (κ3) is 2.53. The number of fused-ring (bicyclic) bond motifs is 2. The van der Waals surface area contributed by atoms with Gasteiger partial charge >= 0.3 is 0 Å². The van der Waals surface area contributed by atoms with Crippen LogP contribution in [0.3, 0.4) is 0 Å². The lowest BCUT2D eigenvalue weighted by Gasteiger charge is -2.48. The molecular weight excluding hydrogens is 341 g/mol. The zero-order valence-electron chi connectivity index (χ0n) is 15.4. The molecule has 1 heterocycles. The second-order valence-corrected chi connectivity index (χ2v) is 8.17. The fraction of sp³-hybridized carbons (Fsp3) is 0.435. The normalized spacial score (nSPS) is 25.9. The molecular formula is C23H24FNO2. The van der Waals surface area contributed by atoms with E-state index in [4.69, 9.17) is 4.74 Å². The number of carbonyl (C=O) groups is 1. The molecule has 1 saturated heterocycles. The van der Waals surface area contributed by atoms with Gasteiger partial charge < -0.3 is 9.64 Å². The van der Waals surface area contributed by atoms with E-state index in [1.807, 2.05) is 11.0 Å². The molecule has 1 aliphatic heterocycles. The molecule has 1 unspecified atom stereocenters.